The van der Waals surface area contributed by atoms with Crippen LogP contribution in [0.5, 0.6) is 0 Å². The summed E-state index contributed by atoms with van der Waals surface area (Å²) in [7, 11) is 1.63. The molecular weight excluding hydrogens is 452 g/mol. The highest BCUT2D eigenvalue weighted by atomic mass is 16.5. The minimum atomic E-state index is -1.93. The Hall–Kier alpha value is -4.18. The van der Waals surface area contributed by atoms with E-state index in [4.69, 9.17) is 9.84 Å². The number of β-amino-alcohol motifs (C(OH)–C–C–N with tert-alkyl or cyclic N) is 1. The van der Waals surface area contributed by atoms with Gasteiger partial charge in [0.2, 0.25) is 0 Å². The second kappa shape index (κ2) is 8.55. The second-order valence-electron chi connectivity index (χ2n) is 8.81. The van der Waals surface area contributed by atoms with E-state index in [1.54, 1.807) is 7.05 Å². The molecular formula is C25H24N4O6. The van der Waals surface area contributed by atoms with Crippen LogP contribution in [0, 0.1) is 0 Å². The number of benzene rings is 2. The second-order valence-corrected chi connectivity index (χ2v) is 8.81. The van der Waals surface area contributed by atoms with Crippen molar-refractivity contribution in [3.05, 3.63) is 77.1 Å². The van der Waals surface area contributed by atoms with Crippen LogP contribution < -0.4 is 5.32 Å². The number of rotatable bonds is 6. The third kappa shape index (κ3) is 3.91. The van der Waals surface area contributed by atoms with E-state index in [1.807, 2.05) is 36.4 Å². The van der Waals surface area contributed by atoms with E-state index < -0.39 is 23.6 Å². The number of fused-ring (bicyclic) bond motifs is 3. The largest absolute Gasteiger partial charge is 0.479 e. The number of hydrogen-bond donors (Lipinski definition) is 3. The minimum Gasteiger partial charge on any atom is -0.479 e. The van der Waals surface area contributed by atoms with Crippen molar-refractivity contribution in [3.63, 3.8) is 0 Å². The number of ether oxygens (including phenoxy) is 1. The Bertz CT molecular complexity index is 1280. The molecule has 2 aliphatic rings. The average molecular weight is 476 g/mol. The van der Waals surface area contributed by atoms with E-state index in [9.17, 15) is 19.5 Å². The highest BCUT2D eigenvalue weighted by Gasteiger charge is 2.50. The summed E-state index contributed by atoms with van der Waals surface area (Å²) in [5.41, 5.74) is 3.21. The van der Waals surface area contributed by atoms with Crippen molar-refractivity contribution in [3.8, 4) is 11.1 Å². The SMILES string of the molecule is Cn1ncc(C(=O)N2CC(O)(C(=O)O)C2)c1CNC(=O)OCC1c2ccccc2-c2ccccc21. The molecule has 5 rings (SSSR count). The summed E-state index contributed by atoms with van der Waals surface area (Å²) in [4.78, 5) is 37.6. The molecule has 10 nitrogen and oxygen atoms in total. The van der Waals surface area contributed by atoms with E-state index in [0.717, 1.165) is 22.3 Å². The van der Waals surface area contributed by atoms with Gasteiger partial charge in [-0.15, -0.1) is 0 Å². The molecule has 0 radical (unpaired) electrons. The molecule has 0 unspecified atom stereocenters. The third-order valence-electron chi connectivity index (χ3n) is 6.63. The third-order valence-corrected chi connectivity index (χ3v) is 6.63. The standard InChI is InChI=1S/C25H24N4O6/c1-28-21(19(10-27-28)22(30)29-13-25(34,14-29)23(31)32)11-26-24(33)35-12-20-17-8-4-2-6-15(17)16-7-3-5-9-18(16)20/h2-10,20,34H,11-14H2,1H3,(H,26,33)(H,31,32). The fraction of sp³-hybridized carbons (Fsp3) is 0.280. The monoisotopic (exact) mass is 476 g/mol. The van der Waals surface area contributed by atoms with Crippen molar-refractivity contribution < 1.29 is 29.3 Å². The Morgan fingerprint density at radius 1 is 1.09 bits per heavy atom. The number of carbonyl (C=O) groups excluding carboxylic acids is 2. The van der Waals surface area contributed by atoms with Crippen LogP contribution in [0.25, 0.3) is 11.1 Å². The van der Waals surface area contributed by atoms with E-state index >= 15 is 0 Å². The zero-order chi connectivity index (χ0) is 24.7. The summed E-state index contributed by atoms with van der Waals surface area (Å²) in [6.45, 7) is -0.464. The predicted octanol–water partition coefficient (Wildman–Crippen LogP) is 1.73. The van der Waals surface area contributed by atoms with Crippen molar-refractivity contribution in [1.29, 1.82) is 0 Å². The molecule has 0 atom stereocenters. The molecule has 1 saturated heterocycles. The number of aromatic nitrogens is 2. The van der Waals surface area contributed by atoms with Gasteiger partial charge in [0, 0.05) is 13.0 Å². The van der Waals surface area contributed by atoms with Gasteiger partial charge >= 0.3 is 12.1 Å². The number of nitrogens with one attached hydrogen (secondary N) is 1. The molecule has 3 N–H and O–H groups in total. The number of carboxylic acids is 1. The zero-order valence-corrected chi connectivity index (χ0v) is 19.0. The lowest BCUT2D eigenvalue weighted by molar-refractivity contribution is -0.173. The Labute approximate surface area is 200 Å². The van der Waals surface area contributed by atoms with Crippen LogP contribution in [0.15, 0.2) is 54.7 Å². The quantitative estimate of drug-likeness (QED) is 0.493. The van der Waals surface area contributed by atoms with Crippen molar-refractivity contribution >= 4 is 18.0 Å². The Morgan fingerprint density at radius 2 is 1.69 bits per heavy atom. The summed E-state index contributed by atoms with van der Waals surface area (Å²) in [5.74, 6) is -1.90. The highest BCUT2D eigenvalue weighted by Crippen LogP contribution is 2.44. The number of carboxylic acid groups (broad SMARTS) is 1. The lowest BCUT2D eigenvalue weighted by Crippen LogP contribution is -2.67. The van der Waals surface area contributed by atoms with Gasteiger partial charge in [0.25, 0.3) is 5.91 Å². The molecule has 35 heavy (non-hydrogen) atoms. The molecule has 0 saturated carbocycles. The first kappa shape index (κ1) is 22.6. The van der Waals surface area contributed by atoms with E-state index in [0.29, 0.717) is 5.69 Å². The molecule has 0 spiro atoms. The number of amides is 2. The predicted molar refractivity (Wildman–Crippen MR) is 124 cm³/mol. The molecule has 0 bridgehead atoms. The molecule has 1 aromatic heterocycles. The molecule has 3 aromatic rings. The first-order valence-electron chi connectivity index (χ1n) is 11.1. The summed E-state index contributed by atoms with van der Waals surface area (Å²) < 4.78 is 7.00. The first-order chi connectivity index (χ1) is 16.8. The fourth-order valence-corrected chi connectivity index (χ4v) is 4.69. The molecule has 10 heteroatoms. The Kier molecular flexibility index (Phi) is 5.52. The van der Waals surface area contributed by atoms with Crippen LogP contribution in [0.1, 0.15) is 33.1 Å². The van der Waals surface area contributed by atoms with Crippen LogP contribution in [0.4, 0.5) is 4.79 Å². The van der Waals surface area contributed by atoms with Crippen LogP contribution in [-0.4, -0.2) is 68.2 Å². The molecule has 1 fully saturated rings. The molecule has 1 aliphatic heterocycles. The van der Waals surface area contributed by atoms with E-state index in [2.05, 4.69) is 22.5 Å². The molecule has 2 heterocycles. The molecule has 1 aliphatic carbocycles. The lowest BCUT2D eigenvalue weighted by Gasteiger charge is -2.43. The zero-order valence-electron chi connectivity index (χ0n) is 19.0. The molecule has 180 valence electrons. The Balaban J connectivity index is 1.21. The summed E-state index contributed by atoms with van der Waals surface area (Å²) in [6, 6.07) is 16.1. The van der Waals surface area contributed by atoms with Gasteiger partial charge in [-0.2, -0.15) is 5.10 Å². The highest BCUT2D eigenvalue weighted by molar-refractivity contribution is 5.97. The van der Waals surface area contributed by atoms with E-state index in [-0.39, 0.29) is 37.7 Å². The fourth-order valence-electron chi connectivity index (χ4n) is 4.69. The number of carbonyl (C=O) groups is 3. The number of likely N-dealkylation sites (tertiary alicyclic amines) is 1. The maximum atomic E-state index is 12.8. The van der Waals surface area contributed by atoms with Gasteiger partial charge in [-0.3, -0.25) is 9.48 Å². The number of aryl methyl sites for hydroxylation is 1. The summed E-state index contributed by atoms with van der Waals surface area (Å²) in [6.07, 6.45) is 0.727. The number of alkyl carbamates (subject to hydrolysis) is 1. The van der Waals surface area contributed by atoms with Crippen LogP contribution in [-0.2, 0) is 23.1 Å². The van der Waals surface area contributed by atoms with Gasteiger partial charge in [-0.05, 0) is 22.3 Å². The van der Waals surface area contributed by atoms with Crippen LogP contribution in [0.3, 0.4) is 0 Å². The Morgan fingerprint density at radius 3 is 2.29 bits per heavy atom. The topological polar surface area (TPSA) is 134 Å². The normalized spacial score (nSPS) is 15.7. The first-order valence-corrected chi connectivity index (χ1v) is 11.1. The summed E-state index contributed by atoms with van der Waals surface area (Å²) in [5, 5.41) is 25.7. The lowest BCUT2D eigenvalue weighted by atomic mass is 9.93. The minimum absolute atomic E-state index is 0.00865. The van der Waals surface area contributed by atoms with Gasteiger partial charge in [0.15, 0.2) is 5.60 Å². The average Bonchev–Trinajstić information content (AvgIpc) is 3.36. The maximum Gasteiger partial charge on any atom is 0.407 e. The number of nitrogens with zero attached hydrogens (tertiary/aromatic N) is 3. The maximum absolute atomic E-state index is 12.8. The van der Waals surface area contributed by atoms with Crippen LogP contribution >= 0.6 is 0 Å². The van der Waals surface area contributed by atoms with Crippen LogP contribution in [0.2, 0.25) is 0 Å². The van der Waals surface area contributed by atoms with Gasteiger partial charge < -0.3 is 25.2 Å². The van der Waals surface area contributed by atoms with Crippen molar-refractivity contribution in [1.82, 2.24) is 20.0 Å². The van der Waals surface area contributed by atoms with Crippen molar-refractivity contribution in [2.45, 2.75) is 18.1 Å². The number of aliphatic carboxylic acids is 1. The molecule has 2 amide bonds. The van der Waals surface area contributed by atoms with Gasteiger partial charge in [0.1, 0.15) is 6.61 Å². The van der Waals surface area contributed by atoms with Crippen molar-refractivity contribution in [2.75, 3.05) is 19.7 Å². The number of hydrogen-bond acceptors (Lipinski definition) is 6. The number of aliphatic hydroxyl groups is 1. The van der Waals surface area contributed by atoms with Gasteiger partial charge in [-0.25, -0.2) is 9.59 Å². The smallest absolute Gasteiger partial charge is 0.407 e. The van der Waals surface area contributed by atoms with Gasteiger partial charge in [0.05, 0.1) is 37.1 Å². The molecule has 2 aromatic carbocycles. The van der Waals surface area contributed by atoms with Crippen molar-refractivity contribution in [2.24, 2.45) is 7.05 Å². The summed E-state index contributed by atoms with van der Waals surface area (Å²) >= 11 is 0. The van der Waals surface area contributed by atoms with E-state index in [1.165, 1.54) is 15.8 Å². The van der Waals surface area contributed by atoms with Gasteiger partial charge in [-0.1, -0.05) is 48.5 Å².